The molecule has 0 spiro atoms. The summed E-state index contributed by atoms with van der Waals surface area (Å²) < 4.78 is 56.1. The Morgan fingerprint density at radius 3 is 2.74 bits per heavy atom. The number of carbonyl (C=O) groups is 1. The summed E-state index contributed by atoms with van der Waals surface area (Å²) in [5.74, 6) is -1.14. The number of halogens is 1. The number of nitrogens with two attached hydrogens (primary N) is 1. The van der Waals surface area contributed by atoms with Crippen molar-refractivity contribution in [3.63, 3.8) is 0 Å². The highest BCUT2D eigenvalue weighted by atomic mass is 31.2. The van der Waals surface area contributed by atoms with Crippen molar-refractivity contribution in [2.24, 2.45) is 11.8 Å². The zero-order valence-electron chi connectivity index (χ0n) is 21.3. The molecule has 1 aliphatic carbocycles. The summed E-state index contributed by atoms with van der Waals surface area (Å²) in [6.07, 6.45) is -0.249. The molecule has 0 amide bonds. The molecule has 7 atom stereocenters. The molecule has 1 aromatic carbocycles. The first-order valence-electron chi connectivity index (χ1n) is 12.1. The van der Waals surface area contributed by atoms with Crippen molar-refractivity contribution >= 4 is 30.8 Å². The Balaban J connectivity index is 1.36. The van der Waals surface area contributed by atoms with Crippen molar-refractivity contribution in [3.8, 4) is 11.6 Å². The van der Waals surface area contributed by atoms with E-state index in [0.29, 0.717) is 17.6 Å². The monoisotopic (exact) mass is 566 g/mol. The molecule has 2 aromatic heterocycles. The Labute approximate surface area is 222 Å². The Morgan fingerprint density at radius 2 is 2.05 bits per heavy atom. The maximum Gasteiger partial charge on any atom is 0.459 e. The number of rotatable bonds is 10. The number of hydrogen-bond donors (Lipinski definition) is 3. The van der Waals surface area contributed by atoms with E-state index in [1.807, 2.05) is 0 Å². The fourth-order valence-corrected chi connectivity index (χ4v) is 6.10. The number of fused-ring (bicyclic) bond motifs is 2. The lowest BCUT2D eigenvalue weighted by atomic mass is 10.0. The molecule has 0 radical (unpaired) electrons. The molecule has 3 heterocycles. The second-order valence-electron chi connectivity index (χ2n) is 9.25. The van der Waals surface area contributed by atoms with Crippen LogP contribution in [-0.4, -0.2) is 69.7 Å². The van der Waals surface area contributed by atoms with Crippen LogP contribution < -0.4 is 20.1 Å². The summed E-state index contributed by atoms with van der Waals surface area (Å²) >= 11 is 0. The molecule has 0 bridgehead atoms. The van der Waals surface area contributed by atoms with Gasteiger partial charge in [0.15, 0.2) is 11.2 Å². The average molecular weight is 566 g/mol. The molecule has 1 saturated heterocycles. The molecule has 1 unspecified atom stereocenters. The van der Waals surface area contributed by atoms with Gasteiger partial charge in [-0.05, 0) is 43.5 Å². The zero-order chi connectivity index (χ0) is 27.9. The number of nitrogens with one attached hydrogen (secondary N) is 1. The summed E-state index contributed by atoms with van der Waals surface area (Å²) in [5, 5.41) is 13.4. The minimum absolute atomic E-state index is 0.00569. The van der Waals surface area contributed by atoms with E-state index in [-0.39, 0.29) is 36.0 Å². The Morgan fingerprint density at radius 1 is 1.31 bits per heavy atom. The largest absolute Gasteiger partial charge is 0.479 e. The van der Waals surface area contributed by atoms with Crippen LogP contribution in [0.1, 0.15) is 19.6 Å². The van der Waals surface area contributed by atoms with Crippen molar-refractivity contribution < 1.29 is 42.1 Å². The standard InChI is InChI=1S/C23H28FN6O8P/c1-11(22(32)35-3)29-39(33,38-13-6-4-12(24)5-7-13)36-9-16-18(31)14-8-15(14)21(37-16)30-10-26-17-19(30)27-23(25)28-20(17)34-2/h4-7,10-11,14-16,18,21,31H,8-9H2,1-3H3,(H,29,33)(H2,25,27,28)/t11-,14+,15+,16+,18-,21+,39?/m0/s1. The van der Waals surface area contributed by atoms with E-state index >= 15 is 0 Å². The maximum absolute atomic E-state index is 13.7. The van der Waals surface area contributed by atoms with Crippen LogP contribution in [0.4, 0.5) is 10.3 Å². The highest BCUT2D eigenvalue weighted by Gasteiger charge is 2.56. The number of nitrogens with zero attached hydrogens (tertiary/aromatic N) is 4. The van der Waals surface area contributed by atoms with Crippen molar-refractivity contribution in [2.75, 3.05) is 26.6 Å². The van der Waals surface area contributed by atoms with Gasteiger partial charge >= 0.3 is 13.7 Å². The summed E-state index contributed by atoms with van der Waals surface area (Å²) in [5.41, 5.74) is 6.63. The van der Waals surface area contributed by atoms with Crippen LogP contribution in [-0.2, 0) is 23.4 Å². The molecule has 1 saturated carbocycles. The smallest absolute Gasteiger partial charge is 0.459 e. The van der Waals surface area contributed by atoms with Crippen LogP contribution in [0.5, 0.6) is 11.6 Å². The molecule has 4 N–H and O–H groups in total. The normalized spacial score (nSPS) is 26.3. The predicted molar refractivity (Wildman–Crippen MR) is 133 cm³/mol. The molecular formula is C23H28FN6O8P. The van der Waals surface area contributed by atoms with Crippen molar-refractivity contribution in [1.82, 2.24) is 24.6 Å². The van der Waals surface area contributed by atoms with Gasteiger partial charge in [0.05, 0.1) is 33.3 Å². The van der Waals surface area contributed by atoms with E-state index in [4.69, 9.17) is 24.3 Å². The van der Waals surface area contributed by atoms with Crippen molar-refractivity contribution in [3.05, 3.63) is 36.4 Å². The Hall–Kier alpha value is -3.36. The van der Waals surface area contributed by atoms with Gasteiger partial charge in [0, 0.05) is 5.92 Å². The van der Waals surface area contributed by atoms with Crippen LogP contribution in [0.2, 0.25) is 0 Å². The number of nitrogen functional groups attached to an aromatic ring is 1. The molecule has 2 fully saturated rings. The minimum atomic E-state index is -4.25. The van der Waals surface area contributed by atoms with Gasteiger partial charge in [-0.2, -0.15) is 15.1 Å². The minimum Gasteiger partial charge on any atom is -0.479 e. The highest BCUT2D eigenvalue weighted by Crippen LogP contribution is 2.55. The lowest BCUT2D eigenvalue weighted by molar-refractivity contribution is -0.162. The topological polar surface area (TPSA) is 182 Å². The quantitative estimate of drug-likeness (QED) is 0.239. The van der Waals surface area contributed by atoms with Crippen LogP contribution in [0.25, 0.3) is 11.2 Å². The number of hydrogen-bond acceptors (Lipinski definition) is 12. The van der Waals surface area contributed by atoms with Crippen LogP contribution >= 0.6 is 7.75 Å². The third-order valence-corrected chi connectivity index (χ3v) is 8.26. The maximum atomic E-state index is 13.7. The fourth-order valence-electron chi connectivity index (χ4n) is 4.60. The van der Waals surface area contributed by atoms with Crippen LogP contribution in [0.15, 0.2) is 30.6 Å². The van der Waals surface area contributed by atoms with Gasteiger partial charge in [-0.25, -0.2) is 13.9 Å². The number of imidazole rings is 1. The van der Waals surface area contributed by atoms with Gasteiger partial charge in [-0.1, -0.05) is 0 Å². The lowest BCUT2D eigenvalue weighted by Gasteiger charge is -2.34. The van der Waals surface area contributed by atoms with Gasteiger partial charge in [0.1, 0.15) is 29.9 Å². The van der Waals surface area contributed by atoms with E-state index in [1.165, 1.54) is 39.6 Å². The average Bonchev–Trinajstić information content (AvgIpc) is 3.62. The van der Waals surface area contributed by atoms with Crippen LogP contribution in [0.3, 0.4) is 0 Å². The Bertz CT molecular complexity index is 1410. The van der Waals surface area contributed by atoms with E-state index in [9.17, 15) is 18.9 Å². The lowest BCUT2D eigenvalue weighted by Crippen LogP contribution is -2.43. The second-order valence-corrected chi connectivity index (χ2v) is 10.9. The van der Waals surface area contributed by atoms with Crippen molar-refractivity contribution in [2.45, 2.75) is 37.8 Å². The molecule has 14 nitrogen and oxygen atoms in total. The first kappa shape index (κ1) is 27.2. The number of methoxy groups -OCH3 is 2. The number of aliphatic hydroxyl groups excluding tert-OH is 1. The predicted octanol–water partition coefficient (Wildman–Crippen LogP) is 1.81. The van der Waals surface area contributed by atoms with Gasteiger partial charge in [-0.3, -0.25) is 13.9 Å². The Kier molecular flexibility index (Phi) is 7.44. The number of ether oxygens (including phenoxy) is 3. The first-order valence-corrected chi connectivity index (χ1v) is 13.6. The number of aliphatic hydroxyl groups is 1. The van der Waals surface area contributed by atoms with Crippen molar-refractivity contribution in [1.29, 1.82) is 0 Å². The molecule has 16 heteroatoms. The summed E-state index contributed by atoms with van der Waals surface area (Å²) in [4.78, 5) is 24.6. The molecule has 1 aliphatic heterocycles. The van der Waals surface area contributed by atoms with Gasteiger partial charge in [0.25, 0.3) is 0 Å². The molecule has 210 valence electrons. The summed E-state index contributed by atoms with van der Waals surface area (Å²) in [6, 6.07) is 3.69. The third-order valence-electron chi connectivity index (χ3n) is 6.62. The number of esters is 1. The SMILES string of the molecule is COC(=O)[C@H](C)NP(=O)(OC[C@H]1O[C@@H](n2cnc3c(OC)nc(N)nc32)[C@@H]2C[C@H]2[C@@H]1O)Oc1ccc(F)cc1. The fraction of sp³-hybridized carbons (Fsp3) is 0.478. The first-order chi connectivity index (χ1) is 18.6. The van der Waals surface area contributed by atoms with Crippen LogP contribution in [0, 0.1) is 17.7 Å². The third kappa shape index (κ3) is 5.54. The number of anilines is 1. The molecule has 39 heavy (non-hydrogen) atoms. The second kappa shape index (κ2) is 10.7. The van der Waals surface area contributed by atoms with E-state index in [2.05, 4.69) is 24.8 Å². The van der Waals surface area contributed by atoms with Gasteiger partial charge in [-0.15, -0.1) is 0 Å². The van der Waals surface area contributed by atoms with E-state index in [1.54, 1.807) is 4.57 Å². The molecule has 5 rings (SSSR count). The zero-order valence-corrected chi connectivity index (χ0v) is 22.2. The number of carbonyl (C=O) groups excluding carboxylic acids is 1. The highest BCUT2D eigenvalue weighted by molar-refractivity contribution is 7.52. The van der Waals surface area contributed by atoms with Gasteiger partial charge in [0.2, 0.25) is 11.8 Å². The number of aromatic nitrogens is 4. The molecule has 2 aliphatic rings. The van der Waals surface area contributed by atoms with E-state index < -0.39 is 44.0 Å². The van der Waals surface area contributed by atoms with Gasteiger partial charge < -0.3 is 29.6 Å². The molecule has 3 aromatic rings. The molecular weight excluding hydrogens is 538 g/mol. The summed E-state index contributed by atoms with van der Waals surface area (Å²) in [6.45, 7) is 1.05. The summed E-state index contributed by atoms with van der Waals surface area (Å²) in [7, 11) is -1.63. The van der Waals surface area contributed by atoms with E-state index in [0.717, 1.165) is 12.1 Å². The number of benzene rings is 1.